The molecular weight excluding hydrogens is 276 g/mol. The summed E-state index contributed by atoms with van der Waals surface area (Å²) in [6.45, 7) is 8.88. The van der Waals surface area contributed by atoms with E-state index in [0.717, 1.165) is 51.7 Å². The summed E-state index contributed by atoms with van der Waals surface area (Å²) in [5.74, 6) is 0.987. The molecule has 124 valence electrons. The van der Waals surface area contributed by atoms with Crippen LogP contribution in [0.1, 0.15) is 37.3 Å². The van der Waals surface area contributed by atoms with E-state index >= 15 is 0 Å². The fourth-order valence-electron chi connectivity index (χ4n) is 2.80. The van der Waals surface area contributed by atoms with Crippen LogP contribution in [0.15, 0.2) is 18.2 Å². The normalized spacial score (nSPS) is 15.9. The van der Waals surface area contributed by atoms with Gasteiger partial charge in [0, 0.05) is 31.7 Å². The number of hydrogen-bond acceptors (Lipinski definition) is 4. The first-order chi connectivity index (χ1) is 10.8. The molecule has 1 aromatic carbocycles. The third-order valence-corrected chi connectivity index (χ3v) is 4.13. The number of rotatable bonds is 9. The monoisotopic (exact) mass is 306 g/mol. The van der Waals surface area contributed by atoms with Crippen LogP contribution in [0, 0.1) is 0 Å². The molecule has 1 heterocycles. The van der Waals surface area contributed by atoms with Gasteiger partial charge in [0.05, 0.1) is 20.3 Å². The molecule has 22 heavy (non-hydrogen) atoms. The van der Waals surface area contributed by atoms with E-state index in [-0.39, 0.29) is 0 Å². The maximum atomic E-state index is 5.52. The van der Waals surface area contributed by atoms with E-state index in [2.05, 4.69) is 35.3 Å². The Bertz CT molecular complexity index is 431. The number of benzene rings is 1. The van der Waals surface area contributed by atoms with Crippen molar-refractivity contribution in [2.75, 3.05) is 40.0 Å². The second kappa shape index (κ2) is 9.82. The lowest BCUT2D eigenvalue weighted by molar-refractivity contribution is 0.0339. The molecule has 0 radical (unpaired) electrons. The molecule has 0 aromatic heterocycles. The molecule has 1 saturated heterocycles. The first-order valence-corrected chi connectivity index (χ1v) is 8.50. The van der Waals surface area contributed by atoms with Gasteiger partial charge in [-0.15, -0.1) is 0 Å². The van der Waals surface area contributed by atoms with Gasteiger partial charge in [-0.1, -0.05) is 25.8 Å². The van der Waals surface area contributed by atoms with Gasteiger partial charge >= 0.3 is 0 Å². The molecule has 0 spiro atoms. The smallest absolute Gasteiger partial charge is 0.123 e. The predicted molar refractivity (Wildman–Crippen MR) is 90.3 cm³/mol. The minimum Gasteiger partial charge on any atom is -0.496 e. The molecule has 1 fully saturated rings. The highest BCUT2D eigenvalue weighted by Crippen LogP contribution is 2.22. The molecule has 1 aliphatic heterocycles. The number of hydrogen-bond donors (Lipinski definition) is 1. The van der Waals surface area contributed by atoms with Crippen molar-refractivity contribution < 1.29 is 9.47 Å². The van der Waals surface area contributed by atoms with Crippen LogP contribution in [0.3, 0.4) is 0 Å². The fraction of sp³-hybridized carbons (Fsp3) is 0.667. The van der Waals surface area contributed by atoms with Crippen molar-refractivity contribution in [3.8, 4) is 5.75 Å². The van der Waals surface area contributed by atoms with Crippen LogP contribution in [0.25, 0.3) is 0 Å². The van der Waals surface area contributed by atoms with Gasteiger partial charge in [-0.3, -0.25) is 4.90 Å². The second-order valence-corrected chi connectivity index (χ2v) is 5.92. The second-order valence-electron chi connectivity index (χ2n) is 5.92. The highest BCUT2D eigenvalue weighted by Gasteiger charge is 2.13. The van der Waals surface area contributed by atoms with Crippen molar-refractivity contribution in [2.24, 2.45) is 0 Å². The Kier molecular flexibility index (Phi) is 7.71. The summed E-state index contributed by atoms with van der Waals surface area (Å²) < 4.78 is 10.9. The zero-order valence-electron chi connectivity index (χ0n) is 14.1. The standard InChI is InChI=1S/C18H30N2O2/c1-3-4-5-8-19-14-16-6-7-18(21-2)17(13-16)15-20-9-11-22-12-10-20/h6-7,13,19H,3-5,8-12,14-15H2,1-2H3. The zero-order valence-corrected chi connectivity index (χ0v) is 14.1. The van der Waals surface area contributed by atoms with Gasteiger partial charge in [0.1, 0.15) is 5.75 Å². The van der Waals surface area contributed by atoms with Gasteiger partial charge in [0.2, 0.25) is 0 Å². The molecule has 4 heteroatoms. The maximum absolute atomic E-state index is 5.52. The van der Waals surface area contributed by atoms with E-state index in [9.17, 15) is 0 Å². The summed E-state index contributed by atoms with van der Waals surface area (Å²) >= 11 is 0. The minimum atomic E-state index is 0.834. The van der Waals surface area contributed by atoms with Crippen LogP contribution >= 0.6 is 0 Å². The first kappa shape index (κ1) is 17.3. The number of nitrogens with zero attached hydrogens (tertiary/aromatic N) is 1. The number of methoxy groups -OCH3 is 1. The average molecular weight is 306 g/mol. The van der Waals surface area contributed by atoms with Crippen molar-refractivity contribution >= 4 is 0 Å². The molecular formula is C18H30N2O2. The topological polar surface area (TPSA) is 33.7 Å². The number of morpholine rings is 1. The third-order valence-electron chi connectivity index (χ3n) is 4.13. The summed E-state index contributed by atoms with van der Waals surface area (Å²) in [4.78, 5) is 2.43. The van der Waals surface area contributed by atoms with E-state index < -0.39 is 0 Å². The van der Waals surface area contributed by atoms with Gasteiger partial charge in [-0.05, 0) is 30.7 Å². The quantitative estimate of drug-likeness (QED) is 0.711. The first-order valence-electron chi connectivity index (χ1n) is 8.50. The van der Waals surface area contributed by atoms with Crippen molar-refractivity contribution in [3.05, 3.63) is 29.3 Å². The van der Waals surface area contributed by atoms with Gasteiger partial charge in [-0.25, -0.2) is 0 Å². The average Bonchev–Trinajstić information content (AvgIpc) is 2.56. The lowest BCUT2D eigenvalue weighted by Gasteiger charge is -2.27. The van der Waals surface area contributed by atoms with Crippen molar-refractivity contribution in [2.45, 2.75) is 39.3 Å². The van der Waals surface area contributed by atoms with Gasteiger partial charge in [0.25, 0.3) is 0 Å². The molecule has 1 N–H and O–H groups in total. The fourth-order valence-corrected chi connectivity index (χ4v) is 2.80. The summed E-state index contributed by atoms with van der Waals surface area (Å²) in [5, 5.41) is 3.53. The summed E-state index contributed by atoms with van der Waals surface area (Å²) in [7, 11) is 1.75. The molecule has 1 aromatic rings. The van der Waals surface area contributed by atoms with E-state index in [0.29, 0.717) is 0 Å². The summed E-state index contributed by atoms with van der Waals surface area (Å²) in [6.07, 6.45) is 3.83. The van der Waals surface area contributed by atoms with E-state index in [1.165, 1.54) is 30.4 Å². The molecule has 0 amide bonds. The molecule has 0 atom stereocenters. The maximum Gasteiger partial charge on any atom is 0.123 e. The van der Waals surface area contributed by atoms with Crippen molar-refractivity contribution in [3.63, 3.8) is 0 Å². The van der Waals surface area contributed by atoms with Crippen LogP contribution in [-0.2, 0) is 17.8 Å². The lowest BCUT2D eigenvalue weighted by Crippen LogP contribution is -2.35. The Morgan fingerprint density at radius 1 is 1.23 bits per heavy atom. The van der Waals surface area contributed by atoms with Crippen LogP contribution in [-0.4, -0.2) is 44.9 Å². The largest absolute Gasteiger partial charge is 0.496 e. The van der Waals surface area contributed by atoms with E-state index in [1.54, 1.807) is 7.11 Å². The Morgan fingerprint density at radius 3 is 2.77 bits per heavy atom. The molecule has 0 bridgehead atoms. The number of nitrogens with one attached hydrogen (secondary N) is 1. The number of unbranched alkanes of at least 4 members (excludes halogenated alkanes) is 2. The highest BCUT2D eigenvalue weighted by atomic mass is 16.5. The molecule has 2 rings (SSSR count). The molecule has 4 nitrogen and oxygen atoms in total. The highest BCUT2D eigenvalue weighted by molar-refractivity contribution is 5.37. The van der Waals surface area contributed by atoms with Crippen LogP contribution in [0.2, 0.25) is 0 Å². The SMILES string of the molecule is CCCCCNCc1ccc(OC)c(CN2CCOCC2)c1. The third kappa shape index (κ3) is 5.59. The Morgan fingerprint density at radius 2 is 2.05 bits per heavy atom. The van der Waals surface area contributed by atoms with Crippen LogP contribution in [0.5, 0.6) is 5.75 Å². The Hall–Kier alpha value is -1.10. The van der Waals surface area contributed by atoms with Crippen molar-refractivity contribution in [1.82, 2.24) is 10.2 Å². The van der Waals surface area contributed by atoms with Crippen LogP contribution < -0.4 is 10.1 Å². The zero-order chi connectivity index (χ0) is 15.6. The molecule has 1 aliphatic rings. The summed E-state index contributed by atoms with van der Waals surface area (Å²) in [6, 6.07) is 6.54. The molecule has 0 unspecified atom stereocenters. The predicted octanol–water partition coefficient (Wildman–Crippen LogP) is 2.81. The lowest BCUT2D eigenvalue weighted by atomic mass is 10.1. The Labute approximate surface area is 134 Å². The number of ether oxygens (including phenoxy) is 2. The summed E-state index contributed by atoms with van der Waals surface area (Å²) in [5.41, 5.74) is 2.61. The van der Waals surface area contributed by atoms with Gasteiger partial charge < -0.3 is 14.8 Å². The van der Waals surface area contributed by atoms with Crippen LogP contribution in [0.4, 0.5) is 0 Å². The molecule has 0 aliphatic carbocycles. The van der Waals surface area contributed by atoms with Crippen molar-refractivity contribution in [1.29, 1.82) is 0 Å². The van der Waals surface area contributed by atoms with E-state index in [4.69, 9.17) is 9.47 Å². The molecule has 0 saturated carbocycles. The Balaban J connectivity index is 1.90. The minimum absolute atomic E-state index is 0.834. The van der Waals surface area contributed by atoms with E-state index in [1.807, 2.05) is 0 Å². The van der Waals surface area contributed by atoms with Gasteiger partial charge in [-0.2, -0.15) is 0 Å². The van der Waals surface area contributed by atoms with Gasteiger partial charge in [0.15, 0.2) is 0 Å².